The van der Waals surface area contributed by atoms with Crippen LogP contribution in [-0.2, 0) is 21.4 Å². The van der Waals surface area contributed by atoms with Gasteiger partial charge in [-0.25, -0.2) is 22.2 Å². The normalized spacial score (nSPS) is 15.4. The Morgan fingerprint density at radius 1 is 1.15 bits per heavy atom. The summed E-state index contributed by atoms with van der Waals surface area (Å²) in [5.41, 5.74) is 3.06. The minimum atomic E-state index is -4.00. The average Bonchev–Trinajstić information content (AvgIpc) is 3.49. The number of hydrogen-bond donors (Lipinski definition) is 2. The van der Waals surface area contributed by atoms with Gasteiger partial charge in [0.1, 0.15) is 23.2 Å². The molecule has 2 aromatic heterocycles. The van der Waals surface area contributed by atoms with Crippen molar-refractivity contribution in [1.82, 2.24) is 24.7 Å². The van der Waals surface area contributed by atoms with Crippen molar-refractivity contribution < 1.29 is 26.5 Å². The van der Waals surface area contributed by atoms with Crippen molar-refractivity contribution in [3.63, 3.8) is 0 Å². The number of aromatic nitrogens is 3. The van der Waals surface area contributed by atoms with Crippen LogP contribution in [0.1, 0.15) is 41.2 Å². The number of amides is 1. The molecule has 0 atom stereocenters. The second kappa shape index (κ2) is 10.7. The van der Waals surface area contributed by atoms with Crippen LogP contribution >= 0.6 is 0 Å². The summed E-state index contributed by atoms with van der Waals surface area (Å²) in [5.74, 6) is -1.42. The van der Waals surface area contributed by atoms with Crippen LogP contribution in [0.5, 0.6) is 0 Å². The van der Waals surface area contributed by atoms with E-state index in [1.807, 2.05) is 25.1 Å². The number of benzene rings is 2. The van der Waals surface area contributed by atoms with Gasteiger partial charge in [-0.2, -0.15) is 4.31 Å². The molecule has 3 heterocycles. The molecule has 1 amide bonds. The van der Waals surface area contributed by atoms with Crippen LogP contribution < -0.4 is 5.32 Å². The zero-order valence-electron chi connectivity index (χ0n) is 21.4. The number of carbonyl (C=O) groups is 1. The highest BCUT2D eigenvalue weighted by Gasteiger charge is 2.36. The molecule has 0 bridgehead atoms. The number of imidazole rings is 1. The minimum Gasteiger partial charge on any atom is -0.355 e. The number of aromatic amines is 1. The van der Waals surface area contributed by atoms with E-state index >= 15 is 0 Å². The molecule has 9 nitrogen and oxygen atoms in total. The molecule has 1 aliphatic rings. The standard InChI is InChI=1S/C27H27F2N5O4S/c1-16-3-7-22-23(13-16)32-25(31-22)15-30-27(35)19-9-11-34(12-10-19)39(36,37)26-17(2)33-38-24(26)8-5-18-4-6-20(28)14-21(18)29/h3-8,13-14,19H,9-12,15H2,1-2H3,(H,30,35)(H,31,32)/b8-5+. The molecule has 1 saturated heterocycles. The maximum absolute atomic E-state index is 14.0. The lowest BCUT2D eigenvalue weighted by Crippen LogP contribution is -2.43. The quantitative estimate of drug-likeness (QED) is 0.350. The van der Waals surface area contributed by atoms with Crippen molar-refractivity contribution in [1.29, 1.82) is 0 Å². The highest BCUT2D eigenvalue weighted by atomic mass is 32.2. The molecule has 0 radical (unpaired) electrons. The van der Waals surface area contributed by atoms with Crippen molar-refractivity contribution in [2.45, 2.75) is 38.1 Å². The third kappa shape index (κ3) is 5.62. The maximum atomic E-state index is 14.0. The number of H-pyrrole nitrogens is 1. The summed E-state index contributed by atoms with van der Waals surface area (Å²) in [4.78, 5) is 20.4. The van der Waals surface area contributed by atoms with E-state index < -0.39 is 21.7 Å². The summed E-state index contributed by atoms with van der Waals surface area (Å²) in [7, 11) is -4.00. The lowest BCUT2D eigenvalue weighted by Gasteiger charge is -2.30. The van der Waals surface area contributed by atoms with E-state index in [0.717, 1.165) is 28.7 Å². The van der Waals surface area contributed by atoms with Crippen molar-refractivity contribution in [2.24, 2.45) is 5.92 Å². The summed E-state index contributed by atoms with van der Waals surface area (Å²) >= 11 is 0. The Bertz CT molecular complexity index is 1670. The number of nitrogens with one attached hydrogen (secondary N) is 2. The third-order valence-corrected chi connectivity index (χ3v) is 8.81. The first-order valence-corrected chi connectivity index (χ1v) is 13.9. The van der Waals surface area contributed by atoms with Gasteiger partial charge in [0.05, 0.1) is 17.6 Å². The molecule has 12 heteroatoms. The van der Waals surface area contributed by atoms with Gasteiger partial charge in [-0.1, -0.05) is 11.2 Å². The Labute approximate surface area is 224 Å². The number of aryl methyl sites for hydroxylation is 2. The predicted octanol–water partition coefficient (Wildman–Crippen LogP) is 4.33. The van der Waals surface area contributed by atoms with Gasteiger partial charge in [-0.05, 0) is 68.7 Å². The molecule has 39 heavy (non-hydrogen) atoms. The van der Waals surface area contributed by atoms with Crippen LogP contribution in [0.2, 0.25) is 0 Å². The Morgan fingerprint density at radius 2 is 1.92 bits per heavy atom. The Balaban J connectivity index is 1.22. The van der Waals surface area contributed by atoms with Crippen molar-refractivity contribution in [3.8, 4) is 0 Å². The summed E-state index contributed by atoms with van der Waals surface area (Å²) in [5, 5.41) is 6.68. The number of fused-ring (bicyclic) bond motifs is 1. The van der Waals surface area contributed by atoms with E-state index in [-0.39, 0.29) is 53.4 Å². The summed E-state index contributed by atoms with van der Waals surface area (Å²) in [6, 6.07) is 8.96. The van der Waals surface area contributed by atoms with Crippen LogP contribution in [0.15, 0.2) is 45.8 Å². The van der Waals surface area contributed by atoms with Crippen LogP contribution in [-0.4, -0.2) is 46.8 Å². The predicted molar refractivity (Wildman–Crippen MR) is 141 cm³/mol. The molecular formula is C27H27F2N5O4S. The van der Waals surface area contributed by atoms with E-state index in [2.05, 4.69) is 20.4 Å². The fourth-order valence-corrected chi connectivity index (χ4v) is 6.38. The van der Waals surface area contributed by atoms with Crippen LogP contribution in [0.3, 0.4) is 0 Å². The monoisotopic (exact) mass is 555 g/mol. The SMILES string of the molecule is Cc1ccc2nc(CNC(=O)C3CCN(S(=O)(=O)c4c(C)noc4/C=C/c4ccc(F)cc4F)CC3)[nH]c2c1. The molecule has 0 spiro atoms. The average molecular weight is 556 g/mol. The maximum Gasteiger partial charge on any atom is 0.248 e. The third-order valence-electron chi connectivity index (χ3n) is 6.75. The molecule has 0 saturated carbocycles. The van der Waals surface area contributed by atoms with Crippen molar-refractivity contribution in [3.05, 3.63) is 76.4 Å². The summed E-state index contributed by atoms with van der Waals surface area (Å²) in [6.07, 6.45) is 3.29. The van der Waals surface area contributed by atoms with Crippen LogP contribution in [0.25, 0.3) is 23.2 Å². The first kappa shape index (κ1) is 26.7. The molecule has 0 unspecified atom stereocenters. The van der Waals surface area contributed by atoms with E-state index in [4.69, 9.17) is 4.52 Å². The number of rotatable bonds is 7. The highest BCUT2D eigenvalue weighted by Crippen LogP contribution is 2.29. The number of sulfonamides is 1. The lowest BCUT2D eigenvalue weighted by atomic mass is 9.97. The van der Waals surface area contributed by atoms with E-state index in [9.17, 15) is 22.0 Å². The molecule has 1 aliphatic heterocycles. The number of nitrogens with zero attached hydrogens (tertiary/aromatic N) is 3. The van der Waals surface area contributed by atoms with Crippen molar-refractivity contribution >= 4 is 39.1 Å². The van der Waals surface area contributed by atoms with Gasteiger partial charge in [0, 0.05) is 30.6 Å². The number of carbonyl (C=O) groups excluding carboxylic acids is 1. The first-order chi connectivity index (χ1) is 18.6. The fourth-order valence-electron chi connectivity index (χ4n) is 4.66. The Morgan fingerprint density at radius 3 is 2.67 bits per heavy atom. The number of halogens is 2. The van der Waals surface area contributed by atoms with Gasteiger partial charge in [-0.15, -0.1) is 0 Å². The second-order valence-electron chi connectivity index (χ2n) is 9.56. The molecule has 1 fully saturated rings. The lowest BCUT2D eigenvalue weighted by molar-refractivity contribution is -0.126. The zero-order valence-corrected chi connectivity index (χ0v) is 22.2. The number of piperidine rings is 1. The summed E-state index contributed by atoms with van der Waals surface area (Å²) < 4.78 is 60.6. The molecule has 2 aromatic carbocycles. The largest absolute Gasteiger partial charge is 0.355 e. The topological polar surface area (TPSA) is 121 Å². The Kier molecular flexibility index (Phi) is 7.32. The van der Waals surface area contributed by atoms with E-state index in [1.165, 1.54) is 29.4 Å². The molecule has 204 valence electrons. The molecule has 2 N–H and O–H groups in total. The molecular weight excluding hydrogens is 528 g/mol. The van der Waals surface area contributed by atoms with Crippen molar-refractivity contribution in [2.75, 3.05) is 13.1 Å². The minimum absolute atomic E-state index is 0.0582. The Hall–Kier alpha value is -3.90. The van der Waals surface area contributed by atoms with Gasteiger partial charge in [-0.3, -0.25) is 4.79 Å². The van der Waals surface area contributed by atoms with Gasteiger partial charge < -0.3 is 14.8 Å². The second-order valence-corrected chi connectivity index (χ2v) is 11.4. The number of hydrogen-bond acceptors (Lipinski definition) is 6. The van der Waals surface area contributed by atoms with Gasteiger partial charge in [0.25, 0.3) is 0 Å². The van der Waals surface area contributed by atoms with Crippen LogP contribution in [0, 0.1) is 31.4 Å². The molecule has 4 aromatic rings. The summed E-state index contributed by atoms with van der Waals surface area (Å²) in [6.45, 7) is 4.03. The molecule has 0 aliphatic carbocycles. The zero-order chi connectivity index (χ0) is 27.7. The van der Waals surface area contributed by atoms with Gasteiger partial charge in [0.15, 0.2) is 10.7 Å². The fraction of sp³-hybridized carbons (Fsp3) is 0.296. The highest BCUT2D eigenvalue weighted by molar-refractivity contribution is 7.89. The van der Waals surface area contributed by atoms with E-state index in [0.29, 0.717) is 18.7 Å². The van der Waals surface area contributed by atoms with Gasteiger partial charge in [0.2, 0.25) is 15.9 Å². The van der Waals surface area contributed by atoms with Gasteiger partial charge >= 0.3 is 0 Å². The molecule has 5 rings (SSSR count). The van der Waals surface area contributed by atoms with E-state index in [1.54, 1.807) is 0 Å². The van der Waals surface area contributed by atoms with Crippen LogP contribution in [0.4, 0.5) is 8.78 Å². The first-order valence-electron chi connectivity index (χ1n) is 12.4. The smallest absolute Gasteiger partial charge is 0.248 e.